The molecule has 4 nitrogen and oxygen atoms in total. The van der Waals surface area contributed by atoms with Gasteiger partial charge in [-0.05, 0) is 111 Å². The SMILES string of the molecule is CC1CC2CC(C)C3(c4cc(-c5ccc(-c6nc(-c7ccccc7)nc(-c7ccccc7)n6)cc5)ccc4-c4cccc(-c5ccc(C#N)c6ccccc56)c43)C(C1)C2. The lowest BCUT2D eigenvalue weighted by Crippen LogP contribution is -2.49. The molecule has 1 heterocycles. The molecule has 2 saturated carbocycles. The van der Waals surface area contributed by atoms with Gasteiger partial charge in [-0.1, -0.05) is 159 Å². The Morgan fingerprint density at radius 3 is 1.71 bits per heavy atom. The summed E-state index contributed by atoms with van der Waals surface area (Å²) in [7, 11) is 0. The monoisotopic (exact) mass is 760 g/mol. The molecular weight excluding hydrogens is 717 g/mol. The summed E-state index contributed by atoms with van der Waals surface area (Å²) in [5, 5.41) is 12.2. The summed E-state index contributed by atoms with van der Waals surface area (Å²) >= 11 is 0. The van der Waals surface area contributed by atoms with Crippen LogP contribution in [0, 0.1) is 35.0 Å². The largest absolute Gasteiger partial charge is 0.208 e. The molecule has 5 unspecified atom stereocenters. The lowest BCUT2D eigenvalue weighted by atomic mass is 9.49. The average molecular weight is 761 g/mol. The molecule has 1 spiro atoms. The molecule has 3 aliphatic rings. The lowest BCUT2D eigenvalue weighted by molar-refractivity contribution is 0.0429. The van der Waals surface area contributed by atoms with Gasteiger partial charge in [-0.3, -0.25) is 0 Å². The maximum Gasteiger partial charge on any atom is 0.164 e. The van der Waals surface area contributed by atoms with Crippen LogP contribution in [0.1, 0.15) is 56.2 Å². The van der Waals surface area contributed by atoms with Gasteiger partial charge in [-0.25, -0.2) is 15.0 Å². The van der Waals surface area contributed by atoms with Crippen molar-refractivity contribution in [2.24, 2.45) is 23.7 Å². The quantitative estimate of drug-likeness (QED) is 0.175. The predicted octanol–water partition coefficient (Wildman–Crippen LogP) is 13.6. The molecule has 2 fully saturated rings. The van der Waals surface area contributed by atoms with E-state index in [1.165, 1.54) is 70.2 Å². The van der Waals surface area contributed by atoms with Gasteiger partial charge in [-0.2, -0.15) is 5.26 Å². The van der Waals surface area contributed by atoms with E-state index < -0.39 is 0 Å². The number of aromatic nitrogens is 3. The van der Waals surface area contributed by atoms with Gasteiger partial charge in [0.05, 0.1) is 11.6 Å². The molecule has 1 aromatic heterocycles. The van der Waals surface area contributed by atoms with E-state index in [0.717, 1.165) is 38.9 Å². The molecule has 0 radical (unpaired) electrons. The van der Waals surface area contributed by atoms with Gasteiger partial charge in [-0.15, -0.1) is 0 Å². The Kier molecular flexibility index (Phi) is 8.41. The van der Waals surface area contributed by atoms with Crippen molar-refractivity contribution in [3.8, 4) is 73.6 Å². The molecule has 2 bridgehead atoms. The number of rotatable bonds is 5. The van der Waals surface area contributed by atoms with Crippen LogP contribution in [-0.4, -0.2) is 15.0 Å². The Hall–Kier alpha value is -6.70. The highest BCUT2D eigenvalue weighted by molar-refractivity contribution is 6.02. The van der Waals surface area contributed by atoms with E-state index in [-0.39, 0.29) is 5.41 Å². The van der Waals surface area contributed by atoms with Crippen LogP contribution >= 0.6 is 0 Å². The van der Waals surface area contributed by atoms with Crippen molar-refractivity contribution in [2.75, 3.05) is 0 Å². The molecule has 0 N–H and O–H groups in total. The molecule has 3 aliphatic carbocycles. The minimum Gasteiger partial charge on any atom is -0.208 e. The molecule has 5 atom stereocenters. The zero-order valence-corrected chi connectivity index (χ0v) is 33.4. The van der Waals surface area contributed by atoms with Crippen LogP contribution in [0.2, 0.25) is 0 Å². The first-order valence-corrected chi connectivity index (χ1v) is 21.2. The van der Waals surface area contributed by atoms with E-state index in [4.69, 9.17) is 15.0 Å². The van der Waals surface area contributed by atoms with Gasteiger partial charge < -0.3 is 0 Å². The Morgan fingerprint density at radius 1 is 0.492 bits per heavy atom. The minimum atomic E-state index is -0.121. The number of benzene rings is 7. The number of fused-ring (bicyclic) bond motifs is 9. The predicted molar refractivity (Wildman–Crippen MR) is 239 cm³/mol. The lowest BCUT2D eigenvalue weighted by Gasteiger charge is -2.55. The molecule has 4 heteroatoms. The van der Waals surface area contributed by atoms with Crippen LogP contribution < -0.4 is 0 Å². The van der Waals surface area contributed by atoms with E-state index >= 15 is 0 Å². The topological polar surface area (TPSA) is 62.5 Å². The molecule has 0 aliphatic heterocycles. The van der Waals surface area contributed by atoms with Crippen molar-refractivity contribution in [2.45, 2.75) is 44.9 Å². The maximum atomic E-state index is 10.1. The molecule has 0 amide bonds. The summed E-state index contributed by atoms with van der Waals surface area (Å²) in [6.07, 6.45) is 5.09. The standard InChI is InChI=1S/C55H44N4/c1-34-28-36-30-35(2)55(43(29-34)31-36)50-32-41(24-27-47(50)49-19-11-18-48(51(49)55)46-26-25-42(33-56)44-16-9-10-17-45(44)46)37-20-22-40(23-21-37)54-58-52(38-12-5-3-6-13-38)57-53(59-54)39-14-7-4-8-15-39/h3-27,32,34-36,43H,28-31H2,1-2H3. The van der Waals surface area contributed by atoms with Crippen molar-refractivity contribution in [3.63, 3.8) is 0 Å². The molecule has 0 saturated heterocycles. The molecule has 59 heavy (non-hydrogen) atoms. The third kappa shape index (κ3) is 5.67. The maximum absolute atomic E-state index is 10.1. The first kappa shape index (κ1) is 35.5. The fourth-order valence-corrected chi connectivity index (χ4v) is 11.6. The highest BCUT2D eigenvalue weighted by Gasteiger charge is 2.57. The van der Waals surface area contributed by atoms with Gasteiger partial charge in [0.1, 0.15) is 0 Å². The summed E-state index contributed by atoms with van der Waals surface area (Å²) in [4.78, 5) is 14.9. The Labute approximate surface area is 346 Å². The van der Waals surface area contributed by atoms with Crippen LogP contribution in [0.15, 0.2) is 158 Å². The van der Waals surface area contributed by atoms with Crippen LogP contribution in [0.4, 0.5) is 0 Å². The zero-order valence-electron chi connectivity index (χ0n) is 33.4. The fourth-order valence-electron chi connectivity index (χ4n) is 11.6. The second-order valence-corrected chi connectivity index (χ2v) is 17.3. The van der Waals surface area contributed by atoms with E-state index in [1.807, 2.05) is 66.7 Å². The average Bonchev–Trinajstić information content (AvgIpc) is 3.59. The van der Waals surface area contributed by atoms with Crippen molar-refractivity contribution in [3.05, 3.63) is 174 Å². The minimum absolute atomic E-state index is 0.121. The van der Waals surface area contributed by atoms with Crippen LogP contribution in [-0.2, 0) is 5.41 Å². The molecule has 7 aromatic carbocycles. The van der Waals surface area contributed by atoms with E-state index in [0.29, 0.717) is 35.2 Å². The highest BCUT2D eigenvalue weighted by Crippen LogP contribution is 2.66. The highest BCUT2D eigenvalue weighted by atomic mass is 15.0. The van der Waals surface area contributed by atoms with Crippen molar-refractivity contribution < 1.29 is 0 Å². The van der Waals surface area contributed by atoms with E-state index in [9.17, 15) is 5.26 Å². The van der Waals surface area contributed by atoms with Crippen LogP contribution in [0.3, 0.4) is 0 Å². The summed E-state index contributed by atoms with van der Waals surface area (Å²) in [5.74, 6) is 4.48. The van der Waals surface area contributed by atoms with Gasteiger partial charge >= 0.3 is 0 Å². The smallest absolute Gasteiger partial charge is 0.164 e. The number of hydrogen-bond acceptors (Lipinski definition) is 4. The van der Waals surface area contributed by atoms with E-state index in [2.05, 4.69) is 111 Å². The summed E-state index contributed by atoms with van der Waals surface area (Å²) in [5.41, 5.74) is 14.2. The van der Waals surface area contributed by atoms with E-state index in [1.54, 1.807) is 0 Å². The van der Waals surface area contributed by atoms with Gasteiger partial charge in [0.25, 0.3) is 0 Å². The Bertz CT molecular complexity index is 2890. The number of nitrogens with zero attached hydrogens (tertiary/aromatic N) is 4. The normalized spacial score (nSPS) is 21.5. The second kappa shape index (κ2) is 14.0. The van der Waals surface area contributed by atoms with Crippen molar-refractivity contribution in [1.82, 2.24) is 15.0 Å². The van der Waals surface area contributed by atoms with Gasteiger partial charge in [0.2, 0.25) is 0 Å². The number of hydrogen-bond donors (Lipinski definition) is 0. The molecular formula is C55H44N4. The van der Waals surface area contributed by atoms with Crippen molar-refractivity contribution >= 4 is 10.8 Å². The Morgan fingerprint density at radius 2 is 1.05 bits per heavy atom. The molecule has 284 valence electrons. The summed E-state index contributed by atoms with van der Waals surface area (Å²) < 4.78 is 0. The second-order valence-electron chi connectivity index (χ2n) is 17.3. The van der Waals surface area contributed by atoms with Gasteiger partial charge in [0.15, 0.2) is 17.5 Å². The third-order valence-electron chi connectivity index (χ3n) is 13.9. The van der Waals surface area contributed by atoms with Crippen LogP contribution in [0.25, 0.3) is 78.3 Å². The summed E-state index contributed by atoms with van der Waals surface area (Å²) in [6, 6.07) is 58.5. The van der Waals surface area contributed by atoms with Crippen LogP contribution in [0.5, 0.6) is 0 Å². The molecule has 8 aromatic rings. The molecule has 11 rings (SSSR count). The third-order valence-corrected chi connectivity index (χ3v) is 13.9. The fraction of sp³-hybridized carbons (Fsp3) is 0.200. The van der Waals surface area contributed by atoms with Crippen molar-refractivity contribution in [1.29, 1.82) is 5.26 Å². The van der Waals surface area contributed by atoms with Gasteiger partial charge in [0, 0.05) is 27.5 Å². The summed E-state index contributed by atoms with van der Waals surface area (Å²) in [6.45, 7) is 5.03. The Balaban J connectivity index is 1.05. The zero-order chi connectivity index (χ0) is 39.7. The number of nitriles is 1. The first-order chi connectivity index (χ1) is 29.0. The first-order valence-electron chi connectivity index (χ1n) is 21.2.